The molecule has 0 bridgehead atoms. The van der Waals surface area contributed by atoms with Gasteiger partial charge in [-0.3, -0.25) is 14.9 Å². The van der Waals surface area contributed by atoms with Gasteiger partial charge >= 0.3 is 0 Å². The number of nitrogens with one attached hydrogen (secondary N) is 1. The van der Waals surface area contributed by atoms with Crippen molar-refractivity contribution >= 4 is 17.3 Å². The molecule has 1 amide bonds. The molecule has 22 heavy (non-hydrogen) atoms. The molecule has 7 nitrogen and oxygen atoms in total. The van der Waals surface area contributed by atoms with Gasteiger partial charge in [0.25, 0.3) is 11.6 Å². The summed E-state index contributed by atoms with van der Waals surface area (Å²) in [5, 5.41) is 17.9. The number of hydrogen-bond acceptors (Lipinski definition) is 5. The first-order chi connectivity index (χ1) is 10.5. The van der Waals surface area contributed by atoms with E-state index in [1.165, 1.54) is 6.07 Å². The maximum absolute atomic E-state index is 12.2. The Morgan fingerprint density at radius 3 is 2.82 bits per heavy atom. The Morgan fingerprint density at radius 1 is 1.45 bits per heavy atom. The van der Waals surface area contributed by atoms with E-state index in [4.69, 9.17) is 4.84 Å². The molecule has 1 N–H and O–H groups in total. The molecule has 3 rings (SSSR count). The first kappa shape index (κ1) is 14.5. The van der Waals surface area contributed by atoms with Gasteiger partial charge in [0.1, 0.15) is 0 Å². The van der Waals surface area contributed by atoms with Crippen LogP contribution in [-0.4, -0.2) is 28.2 Å². The van der Waals surface area contributed by atoms with E-state index in [0.717, 1.165) is 19.3 Å². The Bertz CT molecular complexity index is 652. The number of carbonyl (C=O) groups excluding carboxylic acids is 1. The van der Waals surface area contributed by atoms with Crippen molar-refractivity contribution in [2.24, 2.45) is 5.16 Å². The average molecular weight is 303 g/mol. The maximum atomic E-state index is 12.2. The standard InChI is InChI=1S/C15H17N3O4/c1-15(7-4-8-15)16-14(19)13-9-11(17-22-13)10-5-2-3-6-12(10)18(20)21/h2-3,5-6,13H,4,7-9H2,1H3,(H,16,19). The van der Waals surface area contributed by atoms with Gasteiger partial charge in [-0.2, -0.15) is 0 Å². The molecule has 1 aromatic rings. The van der Waals surface area contributed by atoms with Crippen molar-refractivity contribution < 1.29 is 14.6 Å². The van der Waals surface area contributed by atoms with Crippen LogP contribution in [0.3, 0.4) is 0 Å². The number of amides is 1. The first-order valence-electron chi connectivity index (χ1n) is 7.27. The minimum Gasteiger partial charge on any atom is -0.382 e. The van der Waals surface area contributed by atoms with Crippen LogP contribution < -0.4 is 5.32 Å². The maximum Gasteiger partial charge on any atom is 0.278 e. The van der Waals surface area contributed by atoms with Crippen molar-refractivity contribution in [3.8, 4) is 0 Å². The predicted molar refractivity (Wildman–Crippen MR) is 79.5 cm³/mol. The zero-order valence-corrected chi connectivity index (χ0v) is 12.2. The van der Waals surface area contributed by atoms with E-state index in [-0.39, 0.29) is 23.6 Å². The fraction of sp³-hybridized carbons (Fsp3) is 0.467. The Hall–Kier alpha value is -2.44. The number of carbonyl (C=O) groups is 1. The van der Waals surface area contributed by atoms with Crippen LogP contribution in [0, 0.1) is 10.1 Å². The highest BCUT2D eigenvalue weighted by Gasteiger charge is 2.38. The monoisotopic (exact) mass is 303 g/mol. The Kier molecular flexibility index (Phi) is 3.56. The molecule has 2 aliphatic rings. The van der Waals surface area contributed by atoms with E-state index in [0.29, 0.717) is 11.3 Å². The smallest absolute Gasteiger partial charge is 0.278 e. The molecule has 0 radical (unpaired) electrons. The lowest BCUT2D eigenvalue weighted by Gasteiger charge is -2.39. The Morgan fingerprint density at radius 2 is 2.18 bits per heavy atom. The molecule has 1 aliphatic heterocycles. The van der Waals surface area contributed by atoms with Crippen molar-refractivity contribution in [1.29, 1.82) is 0 Å². The third-order valence-electron chi connectivity index (χ3n) is 4.26. The van der Waals surface area contributed by atoms with E-state index in [2.05, 4.69) is 10.5 Å². The third kappa shape index (κ3) is 2.66. The second-order valence-corrected chi connectivity index (χ2v) is 6.01. The minimum absolute atomic E-state index is 0.0307. The molecule has 0 spiro atoms. The second kappa shape index (κ2) is 5.40. The lowest BCUT2D eigenvalue weighted by molar-refractivity contribution is -0.385. The summed E-state index contributed by atoms with van der Waals surface area (Å²) in [6, 6.07) is 6.34. The highest BCUT2D eigenvalue weighted by atomic mass is 16.6. The summed E-state index contributed by atoms with van der Waals surface area (Å²) in [6.45, 7) is 2.01. The van der Waals surface area contributed by atoms with Crippen molar-refractivity contribution in [1.82, 2.24) is 5.32 Å². The Labute approximate surface area is 127 Å². The first-order valence-corrected chi connectivity index (χ1v) is 7.27. The number of benzene rings is 1. The molecule has 1 fully saturated rings. The summed E-state index contributed by atoms with van der Waals surface area (Å²) in [5.41, 5.74) is 0.655. The summed E-state index contributed by atoms with van der Waals surface area (Å²) in [7, 11) is 0. The van der Waals surface area contributed by atoms with Gasteiger partial charge in [-0.15, -0.1) is 0 Å². The van der Waals surface area contributed by atoms with Crippen LogP contribution in [-0.2, 0) is 9.63 Å². The van der Waals surface area contributed by atoms with Gasteiger partial charge in [0.15, 0.2) is 0 Å². The zero-order valence-electron chi connectivity index (χ0n) is 12.2. The fourth-order valence-corrected chi connectivity index (χ4v) is 2.76. The predicted octanol–water partition coefficient (Wildman–Crippen LogP) is 2.15. The minimum atomic E-state index is -0.716. The molecule has 7 heteroatoms. The third-order valence-corrected chi connectivity index (χ3v) is 4.26. The molecule has 0 saturated heterocycles. The van der Waals surface area contributed by atoms with E-state index in [1.54, 1.807) is 18.2 Å². The molecule has 1 heterocycles. The summed E-state index contributed by atoms with van der Waals surface area (Å²) < 4.78 is 0. The zero-order chi connectivity index (χ0) is 15.7. The molecule has 1 aliphatic carbocycles. The van der Waals surface area contributed by atoms with Crippen LogP contribution in [0.15, 0.2) is 29.4 Å². The Balaban J connectivity index is 1.69. The number of nitro groups is 1. The van der Waals surface area contributed by atoms with E-state index < -0.39 is 11.0 Å². The molecule has 1 saturated carbocycles. The number of oxime groups is 1. The van der Waals surface area contributed by atoms with Gasteiger partial charge in [-0.05, 0) is 32.3 Å². The molecule has 0 aromatic heterocycles. The van der Waals surface area contributed by atoms with Crippen LogP contribution >= 0.6 is 0 Å². The quantitative estimate of drug-likeness (QED) is 0.681. The van der Waals surface area contributed by atoms with Gasteiger partial charge in [0.05, 0.1) is 16.2 Å². The highest BCUT2D eigenvalue weighted by molar-refractivity contribution is 6.06. The van der Waals surface area contributed by atoms with Gasteiger partial charge < -0.3 is 10.2 Å². The normalized spacial score (nSPS) is 22.2. The van der Waals surface area contributed by atoms with Crippen molar-refractivity contribution in [2.45, 2.75) is 44.2 Å². The number of nitrogens with zero attached hydrogens (tertiary/aromatic N) is 2. The molecule has 1 unspecified atom stereocenters. The van der Waals surface area contributed by atoms with Crippen LogP contribution in [0.1, 0.15) is 38.2 Å². The SMILES string of the molecule is CC1(NC(=O)C2CC(c3ccccc3[N+](=O)[O-])=NO2)CCC1. The molecule has 1 aromatic carbocycles. The van der Waals surface area contributed by atoms with Crippen LogP contribution in [0.25, 0.3) is 0 Å². The van der Waals surface area contributed by atoms with Gasteiger partial charge in [-0.25, -0.2) is 0 Å². The van der Waals surface area contributed by atoms with Crippen LogP contribution in [0.5, 0.6) is 0 Å². The summed E-state index contributed by atoms with van der Waals surface area (Å²) in [5.74, 6) is -0.209. The number of nitro benzene ring substituents is 1. The number of rotatable bonds is 4. The van der Waals surface area contributed by atoms with Crippen molar-refractivity contribution in [3.05, 3.63) is 39.9 Å². The lowest BCUT2D eigenvalue weighted by Crippen LogP contribution is -2.53. The van der Waals surface area contributed by atoms with Gasteiger partial charge in [-0.1, -0.05) is 17.3 Å². The highest BCUT2D eigenvalue weighted by Crippen LogP contribution is 2.31. The summed E-state index contributed by atoms with van der Waals surface area (Å²) in [6.07, 6.45) is 2.56. The van der Waals surface area contributed by atoms with E-state index in [9.17, 15) is 14.9 Å². The van der Waals surface area contributed by atoms with E-state index in [1.807, 2.05) is 6.92 Å². The summed E-state index contributed by atoms with van der Waals surface area (Å²) in [4.78, 5) is 28.0. The molecule has 1 atom stereocenters. The summed E-state index contributed by atoms with van der Waals surface area (Å²) >= 11 is 0. The molecular formula is C15H17N3O4. The largest absolute Gasteiger partial charge is 0.382 e. The lowest BCUT2D eigenvalue weighted by atomic mass is 9.78. The number of para-hydroxylation sites is 1. The molecule has 116 valence electrons. The van der Waals surface area contributed by atoms with Gasteiger partial charge in [0.2, 0.25) is 6.10 Å². The fourth-order valence-electron chi connectivity index (χ4n) is 2.76. The van der Waals surface area contributed by atoms with Crippen molar-refractivity contribution in [3.63, 3.8) is 0 Å². The van der Waals surface area contributed by atoms with Crippen molar-refractivity contribution in [2.75, 3.05) is 0 Å². The molecular weight excluding hydrogens is 286 g/mol. The van der Waals surface area contributed by atoms with Crippen LogP contribution in [0.4, 0.5) is 5.69 Å². The van der Waals surface area contributed by atoms with Crippen LogP contribution in [0.2, 0.25) is 0 Å². The average Bonchev–Trinajstić information content (AvgIpc) is 2.95. The number of hydrogen-bond donors (Lipinski definition) is 1. The topological polar surface area (TPSA) is 93.8 Å². The van der Waals surface area contributed by atoms with E-state index >= 15 is 0 Å². The second-order valence-electron chi connectivity index (χ2n) is 6.01. The van der Waals surface area contributed by atoms with Gasteiger partial charge in [0, 0.05) is 18.0 Å².